The van der Waals surface area contributed by atoms with Crippen molar-refractivity contribution < 1.29 is 9.47 Å². The number of ether oxygens (including phenoxy) is 2. The van der Waals surface area contributed by atoms with Gasteiger partial charge in [-0.15, -0.1) is 0 Å². The van der Waals surface area contributed by atoms with E-state index >= 15 is 0 Å². The topological polar surface area (TPSA) is 60.3 Å². The zero-order valence-corrected chi connectivity index (χ0v) is 16.4. The lowest BCUT2D eigenvalue weighted by Crippen LogP contribution is -1.99. The molecular weight excluding hydrogens is 348 g/mol. The van der Waals surface area contributed by atoms with Crippen LogP contribution < -0.4 is 15.2 Å². The monoisotopic (exact) mass is 374 g/mol. The number of hydrogen-bond acceptors (Lipinski definition) is 3. The fraction of sp³-hybridized carbons (Fsp3) is 0.250. The van der Waals surface area contributed by atoms with Crippen LogP contribution >= 0.6 is 0 Å². The van der Waals surface area contributed by atoms with Gasteiger partial charge in [0, 0.05) is 28.1 Å². The second-order valence-corrected chi connectivity index (χ2v) is 7.03. The summed E-state index contributed by atoms with van der Waals surface area (Å²) in [6.45, 7) is 0.716. The third-order valence-corrected chi connectivity index (χ3v) is 5.33. The summed E-state index contributed by atoms with van der Waals surface area (Å²) < 4.78 is 11.0. The number of aromatic nitrogens is 1. The first-order valence-electron chi connectivity index (χ1n) is 9.71. The summed E-state index contributed by atoms with van der Waals surface area (Å²) in [5, 5.41) is 3.74. The van der Waals surface area contributed by atoms with Crippen LogP contribution in [0.3, 0.4) is 0 Å². The lowest BCUT2D eigenvalue weighted by Gasteiger charge is -2.10. The van der Waals surface area contributed by atoms with E-state index in [2.05, 4.69) is 53.5 Å². The van der Waals surface area contributed by atoms with Gasteiger partial charge in [-0.25, -0.2) is 0 Å². The summed E-state index contributed by atoms with van der Waals surface area (Å²) in [5.41, 5.74) is 10.4. The number of methoxy groups -OCH3 is 2. The molecule has 0 aliphatic carbocycles. The molecular formula is C24H26N2O2. The van der Waals surface area contributed by atoms with Gasteiger partial charge in [0.05, 0.1) is 19.7 Å². The SMILES string of the molecule is COc1cc(OC)cc(-c2[nH]c3c(ccc4ccccc43)c2CCCCN)c1. The van der Waals surface area contributed by atoms with Crippen molar-refractivity contribution in [2.45, 2.75) is 19.3 Å². The van der Waals surface area contributed by atoms with Crippen molar-refractivity contribution >= 4 is 21.7 Å². The van der Waals surface area contributed by atoms with Crippen LogP contribution in [0, 0.1) is 0 Å². The van der Waals surface area contributed by atoms with E-state index in [9.17, 15) is 0 Å². The smallest absolute Gasteiger partial charge is 0.123 e. The van der Waals surface area contributed by atoms with Crippen molar-refractivity contribution in [2.75, 3.05) is 20.8 Å². The molecule has 0 aliphatic heterocycles. The van der Waals surface area contributed by atoms with Crippen LogP contribution in [0.15, 0.2) is 54.6 Å². The Labute approximate surface area is 165 Å². The number of fused-ring (bicyclic) bond motifs is 3. The van der Waals surface area contributed by atoms with Gasteiger partial charge < -0.3 is 20.2 Å². The van der Waals surface area contributed by atoms with Crippen LogP contribution in [0.4, 0.5) is 0 Å². The summed E-state index contributed by atoms with van der Waals surface area (Å²) in [4.78, 5) is 3.71. The molecule has 3 aromatic carbocycles. The van der Waals surface area contributed by atoms with E-state index in [1.165, 1.54) is 27.2 Å². The highest BCUT2D eigenvalue weighted by Crippen LogP contribution is 2.37. The molecule has 28 heavy (non-hydrogen) atoms. The largest absolute Gasteiger partial charge is 0.497 e. The van der Waals surface area contributed by atoms with Crippen molar-refractivity contribution in [3.63, 3.8) is 0 Å². The molecule has 144 valence electrons. The molecule has 0 aliphatic rings. The number of rotatable bonds is 7. The molecule has 0 bridgehead atoms. The predicted octanol–water partition coefficient (Wildman–Crippen LogP) is 5.29. The third-order valence-electron chi connectivity index (χ3n) is 5.33. The quantitative estimate of drug-likeness (QED) is 0.432. The molecule has 0 spiro atoms. The van der Waals surface area contributed by atoms with Crippen LogP contribution in [0.25, 0.3) is 32.9 Å². The van der Waals surface area contributed by atoms with Gasteiger partial charge in [-0.2, -0.15) is 0 Å². The number of unbranched alkanes of at least 4 members (excludes halogenated alkanes) is 1. The second kappa shape index (κ2) is 7.95. The fourth-order valence-corrected chi connectivity index (χ4v) is 3.90. The minimum atomic E-state index is 0.716. The molecule has 4 aromatic rings. The average molecular weight is 374 g/mol. The van der Waals surface area contributed by atoms with Crippen LogP contribution in [-0.4, -0.2) is 25.7 Å². The van der Waals surface area contributed by atoms with Gasteiger partial charge in [0.15, 0.2) is 0 Å². The Morgan fingerprint density at radius 2 is 1.61 bits per heavy atom. The van der Waals surface area contributed by atoms with Crippen LogP contribution in [0.2, 0.25) is 0 Å². The van der Waals surface area contributed by atoms with Crippen LogP contribution in [0.5, 0.6) is 11.5 Å². The summed E-state index contributed by atoms with van der Waals surface area (Å²) in [6.07, 6.45) is 3.05. The number of benzene rings is 3. The van der Waals surface area contributed by atoms with Gasteiger partial charge in [-0.1, -0.05) is 36.4 Å². The lowest BCUT2D eigenvalue weighted by atomic mass is 9.98. The maximum absolute atomic E-state index is 5.74. The fourth-order valence-electron chi connectivity index (χ4n) is 3.90. The average Bonchev–Trinajstić information content (AvgIpc) is 3.12. The van der Waals surface area contributed by atoms with E-state index in [4.69, 9.17) is 15.2 Å². The van der Waals surface area contributed by atoms with Gasteiger partial charge in [-0.3, -0.25) is 0 Å². The van der Waals surface area contributed by atoms with Gasteiger partial charge in [-0.05, 0) is 48.9 Å². The Balaban J connectivity index is 1.95. The molecule has 1 heterocycles. The van der Waals surface area contributed by atoms with Gasteiger partial charge in [0.25, 0.3) is 0 Å². The lowest BCUT2D eigenvalue weighted by molar-refractivity contribution is 0.394. The van der Waals surface area contributed by atoms with Crippen molar-refractivity contribution in [1.82, 2.24) is 4.98 Å². The van der Waals surface area contributed by atoms with E-state index in [-0.39, 0.29) is 0 Å². The van der Waals surface area contributed by atoms with Crippen molar-refractivity contribution in [1.29, 1.82) is 0 Å². The molecule has 3 N–H and O–H groups in total. The first-order valence-corrected chi connectivity index (χ1v) is 9.71. The Kier molecular flexibility index (Phi) is 5.22. The van der Waals surface area contributed by atoms with E-state index in [1.54, 1.807) is 14.2 Å². The number of aromatic amines is 1. The maximum Gasteiger partial charge on any atom is 0.123 e. The highest BCUT2D eigenvalue weighted by atomic mass is 16.5. The van der Waals surface area contributed by atoms with Crippen LogP contribution in [0.1, 0.15) is 18.4 Å². The number of hydrogen-bond donors (Lipinski definition) is 2. The molecule has 0 saturated carbocycles. The van der Waals surface area contributed by atoms with E-state index in [1.807, 2.05) is 6.07 Å². The van der Waals surface area contributed by atoms with E-state index in [0.717, 1.165) is 42.0 Å². The number of nitrogens with one attached hydrogen (secondary N) is 1. The molecule has 0 radical (unpaired) electrons. The van der Waals surface area contributed by atoms with Crippen molar-refractivity contribution in [3.05, 3.63) is 60.2 Å². The van der Waals surface area contributed by atoms with Gasteiger partial charge in [0.1, 0.15) is 11.5 Å². The second-order valence-electron chi connectivity index (χ2n) is 7.03. The molecule has 0 unspecified atom stereocenters. The molecule has 4 nitrogen and oxygen atoms in total. The zero-order valence-electron chi connectivity index (χ0n) is 16.4. The maximum atomic E-state index is 5.74. The number of H-pyrrole nitrogens is 1. The molecule has 0 atom stereocenters. The molecule has 0 saturated heterocycles. The molecule has 0 fully saturated rings. The highest BCUT2D eigenvalue weighted by Gasteiger charge is 2.16. The van der Waals surface area contributed by atoms with E-state index in [0.29, 0.717) is 6.54 Å². The molecule has 1 aromatic heterocycles. The Morgan fingerprint density at radius 3 is 2.32 bits per heavy atom. The van der Waals surface area contributed by atoms with Gasteiger partial charge >= 0.3 is 0 Å². The minimum absolute atomic E-state index is 0.716. The van der Waals surface area contributed by atoms with Crippen molar-refractivity contribution in [3.8, 4) is 22.8 Å². The summed E-state index contributed by atoms with van der Waals surface area (Å²) >= 11 is 0. The molecule has 0 amide bonds. The first-order chi connectivity index (χ1) is 13.7. The standard InChI is InChI=1S/C24H26N2O2/c1-27-18-13-17(14-19(15-18)28-2)23-21(9-5-6-12-25)22-11-10-16-7-3-4-8-20(16)24(22)26-23/h3-4,7-8,10-11,13-15,26H,5-6,9,12,25H2,1-2H3. The predicted molar refractivity (Wildman–Crippen MR) is 116 cm³/mol. The summed E-state index contributed by atoms with van der Waals surface area (Å²) in [7, 11) is 3.36. The Morgan fingerprint density at radius 1 is 0.857 bits per heavy atom. The zero-order chi connectivity index (χ0) is 19.5. The third kappa shape index (κ3) is 3.32. The summed E-state index contributed by atoms with van der Waals surface area (Å²) in [5.74, 6) is 1.57. The number of aryl methyl sites for hydroxylation is 1. The summed E-state index contributed by atoms with van der Waals surface area (Å²) in [6, 6.07) is 18.9. The first kappa shape index (κ1) is 18.4. The van der Waals surface area contributed by atoms with Crippen LogP contribution in [-0.2, 0) is 6.42 Å². The molecule has 4 rings (SSSR count). The Bertz CT molecular complexity index is 1090. The minimum Gasteiger partial charge on any atom is -0.497 e. The molecule has 4 heteroatoms. The normalized spacial score (nSPS) is 11.2. The highest BCUT2D eigenvalue weighted by molar-refractivity contribution is 6.08. The van der Waals surface area contributed by atoms with E-state index < -0.39 is 0 Å². The van der Waals surface area contributed by atoms with Crippen molar-refractivity contribution in [2.24, 2.45) is 5.73 Å². The van der Waals surface area contributed by atoms with Gasteiger partial charge in [0.2, 0.25) is 0 Å². The Hall–Kier alpha value is -2.98. The number of nitrogens with two attached hydrogens (primary N) is 1.